The second-order valence-corrected chi connectivity index (χ2v) is 7.69. The SMILES string of the molecule is O=C(NC1CCCCC1)c1nc(C(=O)NCc2cccnc2)n2c1CCCC2. The summed E-state index contributed by atoms with van der Waals surface area (Å²) >= 11 is 0. The Balaban J connectivity index is 1.51. The fourth-order valence-corrected chi connectivity index (χ4v) is 4.16. The molecule has 2 aliphatic rings. The quantitative estimate of drug-likeness (QED) is 0.833. The molecule has 148 valence electrons. The highest BCUT2D eigenvalue weighted by molar-refractivity contribution is 5.97. The van der Waals surface area contributed by atoms with Gasteiger partial charge in [0, 0.05) is 31.5 Å². The highest BCUT2D eigenvalue weighted by Gasteiger charge is 2.28. The third kappa shape index (κ3) is 4.08. The summed E-state index contributed by atoms with van der Waals surface area (Å²) in [5.74, 6) is -0.0417. The maximum atomic E-state index is 12.9. The van der Waals surface area contributed by atoms with Crippen molar-refractivity contribution >= 4 is 11.8 Å². The van der Waals surface area contributed by atoms with E-state index in [9.17, 15) is 9.59 Å². The van der Waals surface area contributed by atoms with E-state index >= 15 is 0 Å². The largest absolute Gasteiger partial charge is 0.348 e. The van der Waals surface area contributed by atoms with Gasteiger partial charge in [-0.3, -0.25) is 14.6 Å². The summed E-state index contributed by atoms with van der Waals surface area (Å²) in [4.78, 5) is 34.2. The molecule has 2 aromatic rings. The van der Waals surface area contributed by atoms with Crippen LogP contribution >= 0.6 is 0 Å². The minimum atomic E-state index is -0.247. The molecule has 7 nitrogen and oxygen atoms in total. The number of nitrogens with one attached hydrogen (secondary N) is 2. The zero-order chi connectivity index (χ0) is 19.3. The van der Waals surface area contributed by atoms with Gasteiger partial charge in [-0.1, -0.05) is 25.3 Å². The highest BCUT2D eigenvalue weighted by Crippen LogP contribution is 2.23. The maximum Gasteiger partial charge on any atom is 0.287 e. The molecule has 0 saturated heterocycles. The van der Waals surface area contributed by atoms with E-state index < -0.39 is 0 Å². The van der Waals surface area contributed by atoms with Crippen LogP contribution < -0.4 is 10.6 Å². The van der Waals surface area contributed by atoms with Crippen molar-refractivity contribution in [3.8, 4) is 0 Å². The van der Waals surface area contributed by atoms with Crippen molar-refractivity contribution in [1.29, 1.82) is 0 Å². The van der Waals surface area contributed by atoms with Crippen molar-refractivity contribution in [1.82, 2.24) is 25.2 Å². The number of nitrogens with zero attached hydrogens (tertiary/aromatic N) is 3. The fourth-order valence-electron chi connectivity index (χ4n) is 4.16. The minimum Gasteiger partial charge on any atom is -0.348 e. The number of fused-ring (bicyclic) bond motifs is 1. The Morgan fingerprint density at radius 1 is 1.11 bits per heavy atom. The molecule has 2 aromatic heterocycles. The van der Waals surface area contributed by atoms with Gasteiger partial charge in [0.1, 0.15) is 5.69 Å². The van der Waals surface area contributed by atoms with Crippen molar-refractivity contribution < 1.29 is 9.59 Å². The van der Waals surface area contributed by atoms with E-state index in [1.54, 1.807) is 12.4 Å². The number of rotatable bonds is 5. The smallest absolute Gasteiger partial charge is 0.287 e. The lowest BCUT2D eigenvalue weighted by Gasteiger charge is -2.23. The molecule has 2 amide bonds. The van der Waals surface area contributed by atoms with Gasteiger partial charge >= 0.3 is 0 Å². The molecular weight excluding hydrogens is 354 g/mol. The van der Waals surface area contributed by atoms with E-state index in [0.717, 1.165) is 62.7 Å². The normalized spacial score (nSPS) is 17.0. The Morgan fingerprint density at radius 2 is 1.96 bits per heavy atom. The van der Waals surface area contributed by atoms with Crippen molar-refractivity contribution in [2.45, 2.75) is 70.5 Å². The number of imidazole rings is 1. The van der Waals surface area contributed by atoms with Crippen LogP contribution in [-0.2, 0) is 19.5 Å². The van der Waals surface area contributed by atoms with Gasteiger partial charge in [0.25, 0.3) is 11.8 Å². The zero-order valence-corrected chi connectivity index (χ0v) is 16.1. The number of hydrogen-bond acceptors (Lipinski definition) is 4. The summed E-state index contributed by atoms with van der Waals surface area (Å²) in [7, 11) is 0. The van der Waals surface area contributed by atoms with Crippen LogP contribution in [0.5, 0.6) is 0 Å². The van der Waals surface area contributed by atoms with Gasteiger partial charge in [-0.05, 0) is 43.7 Å². The summed E-state index contributed by atoms with van der Waals surface area (Å²) < 4.78 is 1.93. The number of aromatic nitrogens is 3. The molecule has 4 rings (SSSR count). The summed E-state index contributed by atoms with van der Waals surface area (Å²) in [6.07, 6.45) is 11.9. The fraction of sp³-hybridized carbons (Fsp3) is 0.524. The first-order chi connectivity index (χ1) is 13.7. The van der Waals surface area contributed by atoms with Crippen LogP contribution in [0.1, 0.15) is 77.3 Å². The van der Waals surface area contributed by atoms with E-state index in [4.69, 9.17) is 0 Å². The first-order valence-corrected chi connectivity index (χ1v) is 10.3. The van der Waals surface area contributed by atoms with E-state index in [-0.39, 0.29) is 17.9 Å². The van der Waals surface area contributed by atoms with Crippen LogP contribution in [-0.4, -0.2) is 32.4 Å². The van der Waals surface area contributed by atoms with Crippen molar-refractivity contribution in [2.24, 2.45) is 0 Å². The predicted octanol–water partition coefficient (Wildman–Crippen LogP) is 2.61. The number of hydrogen-bond donors (Lipinski definition) is 2. The van der Waals surface area contributed by atoms with E-state index in [1.807, 2.05) is 16.7 Å². The van der Waals surface area contributed by atoms with Gasteiger partial charge in [0.05, 0.1) is 5.69 Å². The second-order valence-electron chi connectivity index (χ2n) is 7.69. The molecule has 0 radical (unpaired) electrons. The monoisotopic (exact) mass is 381 g/mol. The van der Waals surface area contributed by atoms with Crippen LogP contribution in [0.2, 0.25) is 0 Å². The lowest BCUT2D eigenvalue weighted by atomic mass is 9.95. The Bertz CT molecular complexity index is 840. The minimum absolute atomic E-state index is 0.135. The Hall–Kier alpha value is -2.70. The van der Waals surface area contributed by atoms with Gasteiger partial charge in [-0.15, -0.1) is 0 Å². The van der Waals surface area contributed by atoms with Gasteiger partial charge < -0.3 is 15.2 Å². The Labute approximate surface area is 165 Å². The van der Waals surface area contributed by atoms with Gasteiger partial charge in [-0.25, -0.2) is 4.98 Å². The molecular formula is C21H27N5O2. The predicted molar refractivity (Wildman–Crippen MR) is 105 cm³/mol. The van der Waals surface area contributed by atoms with Crippen LogP contribution in [0.25, 0.3) is 0 Å². The Morgan fingerprint density at radius 3 is 2.75 bits per heavy atom. The van der Waals surface area contributed by atoms with Crippen LogP contribution in [0.4, 0.5) is 0 Å². The molecule has 0 spiro atoms. The van der Waals surface area contributed by atoms with Crippen LogP contribution in [0.15, 0.2) is 24.5 Å². The molecule has 7 heteroatoms. The zero-order valence-electron chi connectivity index (χ0n) is 16.1. The van der Waals surface area contributed by atoms with E-state index in [0.29, 0.717) is 18.1 Å². The molecule has 1 aliphatic heterocycles. The van der Waals surface area contributed by atoms with Gasteiger partial charge in [0.2, 0.25) is 0 Å². The number of amides is 2. The maximum absolute atomic E-state index is 12.9. The molecule has 28 heavy (non-hydrogen) atoms. The third-order valence-corrected chi connectivity index (χ3v) is 5.65. The summed E-state index contributed by atoms with van der Waals surface area (Å²) in [5, 5.41) is 6.05. The standard InChI is InChI=1S/C21H27N5O2/c27-20(24-16-8-2-1-3-9-16)18-17-10-4-5-12-26(17)19(25-18)21(28)23-14-15-7-6-11-22-13-15/h6-7,11,13,16H,1-5,8-10,12,14H2,(H,23,28)(H,24,27). The van der Waals surface area contributed by atoms with Gasteiger partial charge in [0.15, 0.2) is 5.82 Å². The number of carbonyl (C=O) groups is 2. The lowest BCUT2D eigenvalue weighted by Crippen LogP contribution is -2.37. The molecule has 1 saturated carbocycles. The molecule has 3 heterocycles. The van der Waals surface area contributed by atoms with Crippen LogP contribution in [0, 0.1) is 0 Å². The molecule has 0 atom stereocenters. The summed E-state index contributed by atoms with van der Waals surface area (Å²) in [6.45, 7) is 1.12. The van der Waals surface area contributed by atoms with Gasteiger partial charge in [-0.2, -0.15) is 0 Å². The van der Waals surface area contributed by atoms with Crippen molar-refractivity contribution in [3.63, 3.8) is 0 Å². The summed E-state index contributed by atoms with van der Waals surface area (Å²) in [5.41, 5.74) is 2.25. The Kier molecular flexibility index (Phi) is 5.69. The molecule has 0 aromatic carbocycles. The van der Waals surface area contributed by atoms with Crippen molar-refractivity contribution in [3.05, 3.63) is 47.3 Å². The van der Waals surface area contributed by atoms with Crippen LogP contribution in [0.3, 0.4) is 0 Å². The first kappa shape index (κ1) is 18.7. The van der Waals surface area contributed by atoms with E-state index in [1.165, 1.54) is 6.42 Å². The second kappa shape index (κ2) is 8.54. The number of pyridine rings is 1. The molecule has 1 aliphatic carbocycles. The molecule has 0 bridgehead atoms. The average Bonchev–Trinajstić information content (AvgIpc) is 3.13. The lowest BCUT2D eigenvalue weighted by molar-refractivity contribution is 0.0921. The summed E-state index contributed by atoms with van der Waals surface area (Å²) in [6, 6.07) is 3.98. The third-order valence-electron chi connectivity index (χ3n) is 5.65. The molecule has 1 fully saturated rings. The number of carbonyl (C=O) groups excluding carboxylic acids is 2. The highest BCUT2D eigenvalue weighted by atomic mass is 16.2. The van der Waals surface area contributed by atoms with Crippen molar-refractivity contribution in [2.75, 3.05) is 0 Å². The average molecular weight is 381 g/mol. The van der Waals surface area contributed by atoms with E-state index in [2.05, 4.69) is 20.6 Å². The molecule has 2 N–H and O–H groups in total. The first-order valence-electron chi connectivity index (χ1n) is 10.3. The topological polar surface area (TPSA) is 88.9 Å². The molecule has 0 unspecified atom stereocenters.